The number of carbonyl (C=O) groups is 2. The molecule has 0 fully saturated rings. The largest absolute Gasteiger partial charge is 0.354 e. The molecule has 0 saturated carbocycles. The van der Waals surface area contributed by atoms with Crippen LogP contribution in [0.2, 0.25) is 0 Å². The quantitative estimate of drug-likeness (QED) is 0.303. The normalized spacial score (nSPS) is 11.2. The number of pyridine rings is 1. The molecule has 35 heavy (non-hydrogen) atoms. The van der Waals surface area contributed by atoms with Gasteiger partial charge in [0.2, 0.25) is 0 Å². The molecule has 0 aliphatic heterocycles. The van der Waals surface area contributed by atoms with E-state index in [1.807, 2.05) is 76.3 Å². The maximum atomic E-state index is 13.0. The van der Waals surface area contributed by atoms with Crippen LogP contribution < -0.4 is 20.9 Å². The molecule has 0 bridgehead atoms. The lowest BCUT2D eigenvalue weighted by atomic mass is 9.92. The van der Waals surface area contributed by atoms with Crippen molar-refractivity contribution >= 4 is 45.5 Å². The van der Waals surface area contributed by atoms with E-state index in [2.05, 4.69) is 30.8 Å². The number of hydrogen-bond acceptors (Lipinski definition) is 4. The smallest absolute Gasteiger partial charge is 0.323 e. The molecule has 8 nitrogen and oxygen atoms in total. The number of H-pyrrole nitrogens is 1. The van der Waals surface area contributed by atoms with Crippen LogP contribution in [0.1, 0.15) is 37.0 Å². The molecule has 0 saturated heterocycles. The highest BCUT2D eigenvalue weighted by molar-refractivity contribution is 6.11. The standard InChI is InChI=1S/C27H30N6O2/c1-27(2,3)23-16-21(24(32-23)25(34)28-4)31-26(35)30-20-10-11-22(19-9-7-6-8-18(19)20)33(5)17-12-14-29-15-13-17/h6-16,32H,1-5H3,(H,28,34)(H2,30,31,35). The summed E-state index contributed by atoms with van der Waals surface area (Å²) in [5.74, 6) is -0.301. The van der Waals surface area contributed by atoms with Crippen LogP contribution in [0, 0.1) is 0 Å². The van der Waals surface area contributed by atoms with Crippen molar-refractivity contribution in [3.63, 3.8) is 0 Å². The van der Waals surface area contributed by atoms with Gasteiger partial charge < -0.3 is 25.8 Å². The molecule has 0 aliphatic rings. The summed E-state index contributed by atoms with van der Waals surface area (Å²) in [6, 6.07) is 17.0. The molecule has 0 unspecified atom stereocenters. The van der Waals surface area contributed by atoms with Crippen LogP contribution in [0.15, 0.2) is 67.0 Å². The molecule has 0 aliphatic carbocycles. The minimum absolute atomic E-state index is 0.216. The Morgan fingerprint density at radius 1 is 0.914 bits per heavy atom. The fourth-order valence-corrected chi connectivity index (χ4v) is 3.93. The molecule has 180 valence electrons. The van der Waals surface area contributed by atoms with Crippen LogP contribution in [-0.2, 0) is 5.41 Å². The molecule has 0 spiro atoms. The molecular formula is C27H30N6O2. The molecule has 4 N–H and O–H groups in total. The molecule has 0 radical (unpaired) electrons. The Hall–Kier alpha value is -4.33. The Morgan fingerprint density at radius 3 is 2.23 bits per heavy atom. The summed E-state index contributed by atoms with van der Waals surface area (Å²) >= 11 is 0. The number of hydrogen-bond donors (Lipinski definition) is 4. The van der Waals surface area contributed by atoms with Crippen molar-refractivity contribution < 1.29 is 9.59 Å². The Balaban J connectivity index is 1.63. The summed E-state index contributed by atoms with van der Waals surface area (Å²) in [5, 5.41) is 10.3. The second-order valence-electron chi connectivity index (χ2n) is 9.32. The Bertz CT molecular complexity index is 1370. The maximum absolute atomic E-state index is 13.0. The van der Waals surface area contributed by atoms with Gasteiger partial charge in [0.15, 0.2) is 0 Å². The zero-order chi connectivity index (χ0) is 25.2. The summed E-state index contributed by atoms with van der Waals surface area (Å²) in [5.41, 5.74) is 4.04. The van der Waals surface area contributed by atoms with Crippen molar-refractivity contribution in [3.8, 4) is 0 Å². The van der Waals surface area contributed by atoms with Gasteiger partial charge in [-0.15, -0.1) is 0 Å². The van der Waals surface area contributed by atoms with E-state index in [-0.39, 0.29) is 11.3 Å². The van der Waals surface area contributed by atoms with Gasteiger partial charge in [-0.25, -0.2) is 4.79 Å². The highest BCUT2D eigenvalue weighted by atomic mass is 16.2. The number of amides is 3. The van der Waals surface area contributed by atoms with E-state index >= 15 is 0 Å². The number of aromatic nitrogens is 2. The van der Waals surface area contributed by atoms with Gasteiger partial charge in [-0.1, -0.05) is 45.0 Å². The fraction of sp³-hybridized carbons (Fsp3) is 0.222. The van der Waals surface area contributed by atoms with Gasteiger partial charge in [0.1, 0.15) is 5.69 Å². The zero-order valence-electron chi connectivity index (χ0n) is 20.6. The van der Waals surface area contributed by atoms with Crippen molar-refractivity contribution in [2.24, 2.45) is 0 Å². The van der Waals surface area contributed by atoms with Crippen LogP contribution >= 0.6 is 0 Å². The van der Waals surface area contributed by atoms with Crippen LogP contribution in [-0.4, -0.2) is 36.0 Å². The summed E-state index contributed by atoms with van der Waals surface area (Å²) in [6.07, 6.45) is 3.51. The summed E-state index contributed by atoms with van der Waals surface area (Å²) in [4.78, 5) is 34.7. The highest BCUT2D eigenvalue weighted by Crippen LogP contribution is 2.35. The number of anilines is 4. The molecule has 3 amide bonds. The number of rotatable bonds is 5. The molecule has 2 heterocycles. The summed E-state index contributed by atoms with van der Waals surface area (Å²) < 4.78 is 0. The molecule has 4 rings (SSSR count). The Labute approximate surface area is 204 Å². The lowest BCUT2D eigenvalue weighted by Crippen LogP contribution is -2.24. The van der Waals surface area contributed by atoms with E-state index in [0.29, 0.717) is 17.1 Å². The number of aromatic amines is 1. The third kappa shape index (κ3) is 4.96. The monoisotopic (exact) mass is 470 g/mol. The first-order valence-electron chi connectivity index (χ1n) is 11.4. The highest BCUT2D eigenvalue weighted by Gasteiger charge is 2.23. The van der Waals surface area contributed by atoms with Crippen LogP contribution in [0.4, 0.5) is 27.5 Å². The lowest BCUT2D eigenvalue weighted by Gasteiger charge is -2.22. The van der Waals surface area contributed by atoms with Crippen LogP contribution in [0.5, 0.6) is 0 Å². The molecule has 0 atom stereocenters. The SMILES string of the molecule is CNC(=O)c1[nH]c(C(C)(C)C)cc1NC(=O)Nc1ccc(N(C)c2ccncc2)c2ccccc12. The van der Waals surface area contributed by atoms with Gasteiger partial charge in [-0.2, -0.15) is 0 Å². The zero-order valence-corrected chi connectivity index (χ0v) is 20.6. The fourth-order valence-electron chi connectivity index (χ4n) is 3.93. The first kappa shape index (κ1) is 23.8. The van der Waals surface area contributed by atoms with Crippen molar-refractivity contribution in [2.75, 3.05) is 29.6 Å². The minimum atomic E-state index is -0.435. The summed E-state index contributed by atoms with van der Waals surface area (Å²) in [7, 11) is 3.55. The predicted molar refractivity (Wildman–Crippen MR) is 142 cm³/mol. The van der Waals surface area contributed by atoms with E-state index < -0.39 is 6.03 Å². The van der Waals surface area contributed by atoms with E-state index in [0.717, 1.165) is 27.8 Å². The van der Waals surface area contributed by atoms with Gasteiger partial charge >= 0.3 is 6.03 Å². The van der Waals surface area contributed by atoms with Gasteiger partial charge in [-0.3, -0.25) is 9.78 Å². The van der Waals surface area contributed by atoms with Gasteiger partial charge in [-0.05, 0) is 30.3 Å². The average Bonchev–Trinajstić information content (AvgIpc) is 3.28. The minimum Gasteiger partial charge on any atom is -0.354 e. The molecular weight excluding hydrogens is 440 g/mol. The predicted octanol–water partition coefficient (Wildman–Crippen LogP) is 5.63. The second-order valence-corrected chi connectivity index (χ2v) is 9.32. The van der Waals surface area contributed by atoms with E-state index in [9.17, 15) is 9.59 Å². The lowest BCUT2D eigenvalue weighted by molar-refractivity contribution is 0.0959. The van der Waals surface area contributed by atoms with Gasteiger partial charge in [0.05, 0.1) is 11.4 Å². The third-order valence-corrected chi connectivity index (χ3v) is 5.89. The number of nitrogens with one attached hydrogen (secondary N) is 4. The van der Waals surface area contributed by atoms with Gasteiger partial charge in [0, 0.05) is 59.7 Å². The Morgan fingerprint density at radius 2 is 1.57 bits per heavy atom. The Kier molecular flexibility index (Phi) is 6.46. The number of carbonyl (C=O) groups excluding carboxylic acids is 2. The third-order valence-electron chi connectivity index (χ3n) is 5.89. The molecule has 2 aromatic heterocycles. The van der Waals surface area contributed by atoms with Crippen LogP contribution in [0.25, 0.3) is 10.8 Å². The topological polar surface area (TPSA) is 102 Å². The number of nitrogens with zero attached hydrogens (tertiary/aromatic N) is 2. The molecule has 2 aromatic carbocycles. The first-order chi connectivity index (χ1) is 16.7. The number of benzene rings is 2. The molecule has 8 heteroatoms. The first-order valence-corrected chi connectivity index (χ1v) is 11.4. The maximum Gasteiger partial charge on any atom is 0.323 e. The van der Waals surface area contributed by atoms with Gasteiger partial charge in [0.25, 0.3) is 5.91 Å². The average molecular weight is 471 g/mol. The van der Waals surface area contributed by atoms with E-state index in [1.54, 1.807) is 25.5 Å². The van der Waals surface area contributed by atoms with Crippen molar-refractivity contribution in [1.29, 1.82) is 0 Å². The molecule has 4 aromatic rings. The van der Waals surface area contributed by atoms with E-state index in [1.165, 1.54) is 0 Å². The summed E-state index contributed by atoms with van der Waals surface area (Å²) in [6.45, 7) is 6.10. The second kappa shape index (κ2) is 9.50. The van der Waals surface area contributed by atoms with Crippen LogP contribution in [0.3, 0.4) is 0 Å². The number of fused-ring (bicyclic) bond motifs is 1. The number of urea groups is 1. The van der Waals surface area contributed by atoms with E-state index in [4.69, 9.17) is 0 Å². The van der Waals surface area contributed by atoms with Crippen molar-refractivity contribution in [3.05, 3.63) is 78.4 Å². The van der Waals surface area contributed by atoms with Crippen molar-refractivity contribution in [1.82, 2.24) is 15.3 Å². The van der Waals surface area contributed by atoms with Crippen molar-refractivity contribution in [2.45, 2.75) is 26.2 Å².